The second kappa shape index (κ2) is 7.20. The Morgan fingerprint density at radius 1 is 1.43 bits per heavy atom. The van der Waals surface area contributed by atoms with Gasteiger partial charge in [-0.1, -0.05) is 0 Å². The number of hydrogen-bond donors (Lipinski definition) is 1. The van der Waals surface area contributed by atoms with Crippen molar-refractivity contribution >= 4 is 21.8 Å². The van der Waals surface area contributed by atoms with Crippen LogP contribution < -0.4 is 5.32 Å². The molecule has 2 rings (SSSR count). The van der Waals surface area contributed by atoms with Gasteiger partial charge in [-0.3, -0.25) is 14.2 Å². The van der Waals surface area contributed by atoms with Crippen molar-refractivity contribution in [3.05, 3.63) is 33.8 Å². The van der Waals surface area contributed by atoms with E-state index in [2.05, 4.69) is 31.4 Å². The van der Waals surface area contributed by atoms with E-state index in [-0.39, 0.29) is 28.7 Å². The number of carbonyl (C=O) groups is 1. The van der Waals surface area contributed by atoms with E-state index in [0.29, 0.717) is 5.69 Å². The SMILES string of the molecule is CCn1ccc(C(C)NC(=O)Cn2nc(C(F)F)c(Br)c2C)n1. The Bertz CT molecular complexity index is 697. The van der Waals surface area contributed by atoms with E-state index in [9.17, 15) is 13.6 Å². The highest BCUT2D eigenvalue weighted by Gasteiger charge is 2.21. The standard InChI is InChI=1S/C14H18BrF2N5O/c1-4-21-6-5-10(19-21)8(2)18-11(23)7-22-9(3)12(15)13(20-22)14(16)17/h5-6,8,14H,4,7H2,1-3H3,(H,18,23). The van der Waals surface area contributed by atoms with Crippen molar-refractivity contribution in [1.29, 1.82) is 0 Å². The van der Waals surface area contributed by atoms with Crippen molar-refractivity contribution in [2.24, 2.45) is 0 Å². The van der Waals surface area contributed by atoms with E-state index in [4.69, 9.17) is 0 Å². The number of alkyl halides is 2. The molecule has 0 aromatic carbocycles. The van der Waals surface area contributed by atoms with Crippen LogP contribution in [0.2, 0.25) is 0 Å². The fraction of sp³-hybridized carbons (Fsp3) is 0.500. The highest BCUT2D eigenvalue weighted by atomic mass is 79.9. The van der Waals surface area contributed by atoms with Crippen molar-refractivity contribution in [1.82, 2.24) is 24.9 Å². The summed E-state index contributed by atoms with van der Waals surface area (Å²) >= 11 is 3.08. The largest absolute Gasteiger partial charge is 0.346 e. The molecule has 23 heavy (non-hydrogen) atoms. The Morgan fingerprint density at radius 3 is 2.65 bits per heavy atom. The predicted octanol–water partition coefficient (Wildman–Crippen LogP) is 2.99. The zero-order valence-corrected chi connectivity index (χ0v) is 14.6. The molecule has 0 fully saturated rings. The highest BCUT2D eigenvalue weighted by Crippen LogP contribution is 2.28. The van der Waals surface area contributed by atoms with Gasteiger partial charge < -0.3 is 5.32 Å². The summed E-state index contributed by atoms with van der Waals surface area (Å²) in [6.07, 6.45) is -0.855. The van der Waals surface area contributed by atoms with Crippen LogP contribution in [0, 0.1) is 6.92 Å². The van der Waals surface area contributed by atoms with Gasteiger partial charge in [0.05, 0.1) is 21.9 Å². The molecule has 0 saturated carbocycles. The van der Waals surface area contributed by atoms with Gasteiger partial charge in [0.1, 0.15) is 12.2 Å². The maximum absolute atomic E-state index is 12.8. The summed E-state index contributed by atoms with van der Waals surface area (Å²) in [7, 11) is 0. The molecule has 0 aliphatic carbocycles. The number of amides is 1. The third-order valence-electron chi connectivity index (χ3n) is 3.46. The molecule has 126 valence electrons. The van der Waals surface area contributed by atoms with Crippen LogP contribution in [0.4, 0.5) is 8.78 Å². The third kappa shape index (κ3) is 3.95. The lowest BCUT2D eigenvalue weighted by molar-refractivity contribution is -0.122. The molecule has 1 atom stereocenters. The number of nitrogens with one attached hydrogen (secondary N) is 1. The average Bonchev–Trinajstić information content (AvgIpc) is 3.07. The molecule has 1 amide bonds. The maximum Gasteiger partial charge on any atom is 0.283 e. The van der Waals surface area contributed by atoms with E-state index < -0.39 is 6.43 Å². The van der Waals surface area contributed by atoms with Crippen LogP contribution in [0.25, 0.3) is 0 Å². The van der Waals surface area contributed by atoms with E-state index >= 15 is 0 Å². The number of aryl methyl sites for hydroxylation is 1. The molecule has 1 unspecified atom stereocenters. The number of rotatable bonds is 6. The molecular weight excluding hydrogens is 372 g/mol. The molecule has 2 heterocycles. The molecule has 2 aromatic rings. The Hall–Kier alpha value is -1.77. The third-order valence-corrected chi connectivity index (χ3v) is 4.44. The van der Waals surface area contributed by atoms with Crippen LogP contribution in [0.15, 0.2) is 16.7 Å². The first-order valence-electron chi connectivity index (χ1n) is 7.17. The first-order chi connectivity index (χ1) is 10.8. The summed E-state index contributed by atoms with van der Waals surface area (Å²) < 4.78 is 28.9. The Labute approximate surface area is 141 Å². The fourth-order valence-corrected chi connectivity index (χ4v) is 2.58. The van der Waals surface area contributed by atoms with Crippen molar-refractivity contribution in [2.45, 2.75) is 46.3 Å². The first-order valence-corrected chi connectivity index (χ1v) is 7.96. The molecule has 6 nitrogen and oxygen atoms in total. The monoisotopic (exact) mass is 389 g/mol. The lowest BCUT2D eigenvalue weighted by Crippen LogP contribution is -2.31. The highest BCUT2D eigenvalue weighted by molar-refractivity contribution is 9.10. The maximum atomic E-state index is 12.8. The molecule has 0 aliphatic heterocycles. The predicted molar refractivity (Wildman–Crippen MR) is 84.1 cm³/mol. The quantitative estimate of drug-likeness (QED) is 0.825. The van der Waals surface area contributed by atoms with Crippen LogP contribution in [0.3, 0.4) is 0 Å². The minimum atomic E-state index is -2.69. The molecule has 0 radical (unpaired) electrons. The minimum Gasteiger partial charge on any atom is -0.346 e. The molecule has 9 heteroatoms. The van der Waals surface area contributed by atoms with E-state index in [0.717, 1.165) is 12.2 Å². The summed E-state index contributed by atoms with van der Waals surface area (Å²) in [6.45, 7) is 6.03. The number of hydrogen-bond acceptors (Lipinski definition) is 3. The lowest BCUT2D eigenvalue weighted by Gasteiger charge is -2.12. The number of aromatic nitrogens is 4. The van der Waals surface area contributed by atoms with E-state index in [1.54, 1.807) is 11.6 Å². The zero-order chi connectivity index (χ0) is 17.1. The average molecular weight is 390 g/mol. The zero-order valence-electron chi connectivity index (χ0n) is 13.1. The summed E-state index contributed by atoms with van der Waals surface area (Å²) in [5.74, 6) is -0.317. The number of carbonyl (C=O) groups excluding carboxylic acids is 1. The Kier molecular flexibility index (Phi) is 5.51. The number of nitrogens with zero attached hydrogens (tertiary/aromatic N) is 4. The lowest BCUT2D eigenvalue weighted by atomic mass is 10.2. The molecule has 1 N–H and O–H groups in total. The minimum absolute atomic E-state index is 0.129. The summed E-state index contributed by atoms with van der Waals surface area (Å²) in [6, 6.07) is 1.56. The molecule has 2 aromatic heterocycles. The molecular formula is C14H18BrF2N5O. The van der Waals surface area contributed by atoms with E-state index in [1.807, 2.05) is 26.1 Å². The van der Waals surface area contributed by atoms with Gasteiger partial charge in [-0.05, 0) is 42.8 Å². The fourth-order valence-electron chi connectivity index (χ4n) is 2.12. The van der Waals surface area contributed by atoms with Crippen molar-refractivity contribution in [3.8, 4) is 0 Å². The smallest absolute Gasteiger partial charge is 0.283 e. The van der Waals surface area contributed by atoms with Gasteiger partial charge in [0.25, 0.3) is 6.43 Å². The number of halogens is 3. The van der Waals surface area contributed by atoms with E-state index in [1.165, 1.54) is 4.68 Å². The van der Waals surface area contributed by atoms with Crippen molar-refractivity contribution in [2.75, 3.05) is 0 Å². The van der Waals surface area contributed by atoms with Gasteiger partial charge in [0, 0.05) is 12.7 Å². The molecule has 0 bridgehead atoms. The van der Waals surface area contributed by atoms with Crippen LogP contribution in [0.1, 0.15) is 43.4 Å². The molecule has 0 aliphatic rings. The molecule has 0 spiro atoms. The normalized spacial score (nSPS) is 12.7. The van der Waals surface area contributed by atoms with Gasteiger partial charge in [-0.2, -0.15) is 10.2 Å². The Morgan fingerprint density at radius 2 is 2.13 bits per heavy atom. The van der Waals surface area contributed by atoms with Crippen LogP contribution >= 0.6 is 15.9 Å². The van der Waals surface area contributed by atoms with Gasteiger partial charge in [0.2, 0.25) is 5.91 Å². The van der Waals surface area contributed by atoms with Crippen LogP contribution in [-0.2, 0) is 17.9 Å². The summed E-state index contributed by atoms with van der Waals surface area (Å²) in [4.78, 5) is 12.1. The Balaban J connectivity index is 2.03. The van der Waals surface area contributed by atoms with Gasteiger partial charge in [0.15, 0.2) is 0 Å². The summed E-state index contributed by atoms with van der Waals surface area (Å²) in [5.41, 5.74) is 0.871. The van der Waals surface area contributed by atoms with Gasteiger partial charge >= 0.3 is 0 Å². The van der Waals surface area contributed by atoms with Gasteiger partial charge in [-0.15, -0.1) is 0 Å². The summed E-state index contributed by atoms with van der Waals surface area (Å²) in [5, 5.41) is 10.9. The van der Waals surface area contributed by atoms with Crippen molar-refractivity contribution in [3.63, 3.8) is 0 Å². The van der Waals surface area contributed by atoms with Crippen molar-refractivity contribution < 1.29 is 13.6 Å². The van der Waals surface area contributed by atoms with Gasteiger partial charge in [-0.25, -0.2) is 8.78 Å². The first kappa shape index (κ1) is 17.6. The van der Waals surface area contributed by atoms with Crippen LogP contribution in [0.5, 0.6) is 0 Å². The second-order valence-corrected chi connectivity index (χ2v) is 5.92. The molecule has 0 saturated heterocycles. The topological polar surface area (TPSA) is 64.7 Å². The second-order valence-electron chi connectivity index (χ2n) is 5.13. The van der Waals surface area contributed by atoms with Crippen LogP contribution in [-0.4, -0.2) is 25.5 Å².